The van der Waals surface area contributed by atoms with Gasteiger partial charge in [0.15, 0.2) is 0 Å². The van der Waals surface area contributed by atoms with Gasteiger partial charge < -0.3 is 4.90 Å². The molecule has 0 aliphatic heterocycles. The number of hydrogen-bond donors (Lipinski definition) is 0. The number of hydrogen-bond acceptors (Lipinski definition) is 1. The number of nitrogens with zero attached hydrogens (tertiary/aromatic N) is 1. The molecule has 4 rings (SSSR count). The van der Waals surface area contributed by atoms with E-state index >= 15 is 0 Å². The van der Waals surface area contributed by atoms with Gasteiger partial charge in [0.25, 0.3) is 0 Å². The second kappa shape index (κ2) is 9.31. The Kier molecular flexibility index (Phi) is 6.79. The zero-order valence-electron chi connectivity index (χ0n) is 18.7. The van der Waals surface area contributed by atoms with Crippen molar-refractivity contribution < 1.29 is 0 Å². The molecule has 0 saturated heterocycles. The van der Waals surface area contributed by atoms with E-state index in [0.717, 1.165) is 0 Å². The van der Waals surface area contributed by atoms with Crippen molar-refractivity contribution in [2.45, 2.75) is 58.8 Å². The summed E-state index contributed by atoms with van der Waals surface area (Å²) in [7, 11) is 2.17. The van der Waals surface area contributed by atoms with Crippen LogP contribution in [0.2, 0.25) is 0 Å². The molecule has 0 amide bonds. The minimum atomic E-state index is 0.156. The summed E-state index contributed by atoms with van der Waals surface area (Å²) in [5.41, 5.74) is 8.56. The molecule has 0 atom stereocenters. The third-order valence-corrected chi connectivity index (χ3v) is 6.14. The van der Waals surface area contributed by atoms with E-state index in [2.05, 4.69) is 98.6 Å². The van der Waals surface area contributed by atoms with Gasteiger partial charge in [0, 0.05) is 23.8 Å². The Morgan fingerprint density at radius 2 is 1.24 bits per heavy atom. The molecule has 152 valence electrons. The Labute approximate surface area is 177 Å². The van der Waals surface area contributed by atoms with Crippen molar-refractivity contribution in [3.8, 4) is 11.1 Å². The van der Waals surface area contributed by atoms with Crippen LogP contribution >= 0.6 is 0 Å². The summed E-state index contributed by atoms with van der Waals surface area (Å²) in [6.45, 7) is 8.63. The van der Waals surface area contributed by atoms with Crippen LogP contribution in [-0.2, 0) is 5.41 Å². The third kappa shape index (κ3) is 3.71. The maximum atomic E-state index is 2.45. The fourth-order valence-corrected chi connectivity index (χ4v) is 4.97. The highest BCUT2D eigenvalue weighted by atomic mass is 15.1. The lowest BCUT2D eigenvalue weighted by Crippen LogP contribution is -2.25. The van der Waals surface area contributed by atoms with Crippen LogP contribution in [-0.4, -0.2) is 7.05 Å². The van der Waals surface area contributed by atoms with Crippen molar-refractivity contribution in [1.82, 2.24) is 0 Å². The van der Waals surface area contributed by atoms with E-state index < -0.39 is 0 Å². The standard InChI is InChI=1S/C26H29N.C2H6/c1-4-17-26(18-5-2)24-14-10-9-13-22(24)23-16-15-21(19-25(23)26)27(3)20-11-7-6-8-12-20;1-2/h6-16,19H,4-5,17-18H2,1-3H3;1-2H3. The Hall–Kier alpha value is -2.54. The molecule has 1 nitrogen and oxygen atoms in total. The summed E-state index contributed by atoms with van der Waals surface area (Å²) in [4.78, 5) is 2.30. The van der Waals surface area contributed by atoms with Gasteiger partial charge in [-0.3, -0.25) is 0 Å². The first-order chi connectivity index (χ1) is 14.2. The average Bonchev–Trinajstić information content (AvgIpc) is 3.05. The van der Waals surface area contributed by atoms with E-state index in [-0.39, 0.29) is 5.41 Å². The quantitative estimate of drug-likeness (QED) is 0.412. The minimum absolute atomic E-state index is 0.156. The zero-order valence-corrected chi connectivity index (χ0v) is 18.7. The molecule has 1 aliphatic carbocycles. The molecular weight excluding hydrogens is 350 g/mol. The molecule has 0 spiro atoms. The Bertz CT molecular complexity index is 920. The third-order valence-electron chi connectivity index (χ3n) is 6.14. The molecule has 3 aromatic carbocycles. The van der Waals surface area contributed by atoms with Crippen LogP contribution in [0.1, 0.15) is 64.5 Å². The molecule has 0 bridgehead atoms. The maximum Gasteiger partial charge on any atom is 0.0411 e. The first-order valence-corrected chi connectivity index (χ1v) is 11.2. The fourth-order valence-electron chi connectivity index (χ4n) is 4.97. The second-order valence-corrected chi connectivity index (χ2v) is 7.75. The molecule has 0 saturated carbocycles. The molecule has 0 fully saturated rings. The van der Waals surface area contributed by atoms with Crippen LogP contribution in [0.5, 0.6) is 0 Å². The zero-order chi connectivity index (χ0) is 20.9. The van der Waals surface area contributed by atoms with E-state index in [1.165, 1.54) is 59.3 Å². The van der Waals surface area contributed by atoms with Crippen molar-refractivity contribution in [2.24, 2.45) is 0 Å². The summed E-state index contributed by atoms with van der Waals surface area (Å²) < 4.78 is 0. The van der Waals surface area contributed by atoms with Crippen LogP contribution < -0.4 is 4.90 Å². The van der Waals surface area contributed by atoms with E-state index in [0.29, 0.717) is 0 Å². The smallest absolute Gasteiger partial charge is 0.0411 e. The van der Waals surface area contributed by atoms with Crippen molar-refractivity contribution in [2.75, 3.05) is 11.9 Å². The summed E-state index contributed by atoms with van der Waals surface area (Å²) in [5.74, 6) is 0. The summed E-state index contributed by atoms with van der Waals surface area (Å²) in [6.07, 6.45) is 4.83. The molecule has 0 N–H and O–H groups in total. The topological polar surface area (TPSA) is 3.24 Å². The van der Waals surface area contributed by atoms with Crippen LogP contribution in [0.15, 0.2) is 72.8 Å². The molecule has 0 unspecified atom stereocenters. The van der Waals surface area contributed by atoms with Gasteiger partial charge >= 0.3 is 0 Å². The molecular formula is C28H35N. The summed E-state index contributed by atoms with van der Waals surface area (Å²) in [5, 5.41) is 0. The number of para-hydroxylation sites is 1. The van der Waals surface area contributed by atoms with Crippen LogP contribution in [0.3, 0.4) is 0 Å². The fraction of sp³-hybridized carbons (Fsp3) is 0.357. The second-order valence-electron chi connectivity index (χ2n) is 7.75. The minimum Gasteiger partial charge on any atom is -0.345 e. The Morgan fingerprint density at radius 1 is 0.655 bits per heavy atom. The highest BCUT2D eigenvalue weighted by Crippen LogP contribution is 2.54. The van der Waals surface area contributed by atoms with Gasteiger partial charge in [0.1, 0.15) is 0 Å². The lowest BCUT2D eigenvalue weighted by molar-refractivity contribution is 0.436. The van der Waals surface area contributed by atoms with Crippen LogP contribution in [0, 0.1) is 0 Å². The predicted octanol–water partition coefficient (Wildman–Crippen LogP) is 8.35. The van der Waals surface area contributed by atoms with Gasteiger partial charge in [-0.25, -0.2) is 0 Å². The molecule has 1 aliphatic rings. The maximum absolute atomic E-state index is 2.45. The first-order valence-electron chi connectivity index (χ1n) is 11.2. The van der Waals surface area contributed by atoms with E-state index in [9.17, 15) is 0 Å². The first kappa shape index (κ1) is 21.2. The van der Waals surface area contributed by atoms with Crippen molar-refractivity contribution in [3.63, 3.8) is 0 Å². The van der Waals surface area contributed by atoms with Crippen LogP contribution in [0.25, 0.3) is 11.1 Å². The SMILES string of the molecule is CC.CCCC1(CCC)c2ccccc2-c2ccc(N(C)c3ccccc3)cc21. The highest BCUT2D eigenvalue weighted by molar-refractivity contribution is 5.83. The predicted molar refractivity (Wildman–Crippen MR) is 128 cm³/mol. The van der Waals surface area contributed by atoms with Crippen LogP contribution in [0.4, 0.5) is 11.4 Å². The molecule has 0 radical (unpaired) electrons. The van der Waals surface area contributed by atoms with Crippen molar-refractivity contribution >= 4 is 11.4 Å². The van der Waals surface area contributed by atoms with Gasteiger partial charge in [-0.2, -0.15) is 0 Å². The normalized spacial score (nSPS) is 13.1. The van der Waals surface area contributed by atoms with Crippen molar-refractivity contribution in [3.05, 3.63) is 83.9 Å². The van der Waals surface area contributed by atoms with Gasteiger partial charge in [-0.05, 0) is 59.4 Å². The molecule has 0 heterocycles. The van der Waals surface area contributed by atoms with Crippen molar-refractivity contribution in [1.29, 1.82) is 0 Å². The Balaban J connectivity index is 0.00000117. The number of rotatable bonds is 6. The number of anilines is 2. The number of benzene rings is 3. The molecule has 1 heteroatoms. The largest absolute Gasteiger partial charge is 0.345 e. The van der Waals surface area contributed by atoms with Gasteiger partial charge in [0.05, 0.1) is 0 Å². The summed E-state index contributed by atoms with van der Waals surface area (Å²) in [6, 6.07) is 26.8. The monoisotopic (exact) mass is 385 g/mol. The summed E-state index contributed by atoms with van der Waals surface area (Å²) >= 11 is 0. The van der Waals surface area contributed by atoms with E-state index in [1.54, 1.807) is 0 Å². The molecule has 29 heavy (non-hydrogen) atoms. The lowest BCUT2D eigenvalue weighted by atomic mass is 9.71. The number of fused-ring (bicyclic) bond motifs is 3. The average molecular weight is 386 g/mol. The van der Waals surface area contributed by atoms with Gasteiger partial charge in [-0.1, -0.05) is 89.1 Å². The lowest BCUT2D eigenvalue weighted by Gasteiger charge is -2.32. The van der Waals surface area contributed by atoms with E-state index in [4.69, 9.17) is 0 Å². The molecule has 0 aromatic heterocycles. The van der Waals surface area contributed by atoms with Gasteiger partial charge in [-0.15, -0.1) is 0 Å². The van der Waals surface area contributed by atoms with Gasteiger partial charge in [0.2, 0.25) is 0 Å². The Morgan fingerprint density at radius 3 is 1.90 bits per heavy atom. The van der Waals surface area contributed by atoms with E-state index in [1.807, 2.05) is 13.8 Å². The highest BCUT2D eigenvalue weighted by Gasteiger charge is 2.41. The molecule has 3 aromatic rings.